The molecule has 0 radical (unpaired) electrons. The molecule has 1 unspecified atom stereocenters. The van der Waals surface area contributed by atoms with Crippen LogP contribution in [0.3, 0.4) is 0 Å². The van der Waals surface area contributed by atoms with Crippen LogP contribution in [-0.2, 0) is 9.53 Å². The number of rotatable bonds is 8. The Bertz CT molecular complexity index is 804. The van der Waals surface area contributed by atoms with Crippen LogP contribution in [0.25, 0.3) is 0 Å². The van der Waals surface area contributed by atoms with Gasteiger partial charge in [0.1, 0.15) is 0 Å². The molecule has 6 rings (SSSR count). The molecule has 4 bridgehead atoms. The predicted molar refractivity (Wildman–Crippen MR) is 124 cm³/mol. The summed E-state index contributed by atoms with van der Waals surface area (Å²) in [6.45, 7) is 2.72. The van der Waals surface area contributed by atoms with E-state index in [9.17, 15) is 4.79 Å². The molecule has 4 aliphatic rings. The van der Waals surface area contributed by atoms with Crippen molar-refractivity contribution in [1.82, 2.24) is 5.32 Å². The van der Waals surface area contributed by atoms with Crippen molar-refractivity contribution in [2.75, 3.05) is 6.54 Å². The fourth-order valence-electron chi connectivity index (χ4n) is 6.96. The molecular weight excluding hydrogens is 382 g/mol. The molecule has 2 aromatic rings. The van der Waals surface area contributed by atoms with E-state index in [0.29, 0.717) is 13.0 Å². The Morgan fingerprint density at radius 2 is 1.39 bits per heavy atom. The molecule has 4 aliphatic carbocycles. The Morgan fingerprint density at radius 1 is 0.903 bits per heavy atom. The maximum Gasteiger partial charge on any atom is 0.221 e. The topological polar surface area (TPSA) is 38.3 Å². The SMILES string of the molecule is CC(CNC(=O)CC(c1ccccc1)c1ccccc1)OC12CC3CC(CC(C3)C1)C2. The van der Waals surface area contributed by atoms with Crippen LogP contribution in [0.1, 0.15) is 68.9 Å². The summed E-state index contributed by atoms with van der Waals surface area (Å²) in [6, 6.07) is 20.7. The lowest BCUT2D eigenvalue weighted by molar-refractivity contribution is -0.183. The molecule has 1 N–H and O–H groups in total. The zero-order valence-electron chi connectivity index (χ0n) is 18.6. The van der Waals surface area contributed by atoms with Crippen LogP contribution in [0.5, 0.6) is 0 Å². The fraction of sp³-hybridized carbons (Fsp3) is 0.536. The maximum absolute atomic E-state index is 12.9. The van der Waals surface area contributed by atoms with Gasteiger partial charge in [0.25, 0.3) is 0 Å². The molecule has 0 spiro atoms. The molecule has 0 heterocycles. The van der Waals surface area contributed by atoms with E-state index in [1.165, 1.54) is 49.7 Å². The number of hydrogen-bond donors (Lipinski definition) is 1. The van der Waals surface area contributed by atoms with Gasteiger partial charge in [0.2, 0.25) is 5.91 Å². The summed E-state index contributed by atoms with van der Waals surface area (Å²) in [7, 11) is 0. The Balaban J connectivity index is 1.18. The average Bonchev–Trinajstić information content (AvgIpc) is 2.76. The van der Waals surface area contributed by atoms with Gasteiger partial charge in [-0.2, -0.15) is 0 Å². The van der Waals surface area contributed by atoms with Gasteiger partial charge in [0.05, 0.1) is 11.7 Å². The number of carbonyl (C=O) groups is 1. The van der Waals surface area contributed by atoms with Crippen molar-refractivity contribution in [3.8, 4) is 0 Å². The molecule has 1 amide bonds. The average molecular weight is 418 g/mol. The van der Waals surface area contributed by atoms with E-state index in [1.807, 2.05) is 36.4 Å². The van der Waals surface area contributed by atoms with Crippen LogP contribution < -0.4 is 5.32 Å². The second-order valence-corrected chi connectivity index (χ2v) is 10.4. The summed E-state index contributed by atoms with van der Waals surface area (Å²) in [6.07, 6.45) is 8.51. The highest BCUT2D eigenvalue weighted by atomic mass is 16.5. The molecule has 0 saturated heterocycles. The molecule has 4 fully saturated rings. The van der Waals surface area contributed by atoms with E-state index in [0.717, 1.165) is 17.8 Å². The molecule has 4 saturated carbocycles. The summed E-state index contributed by atoms with van der Waals surface area (Å²) >= 11 is 0. The van der Waals surface area contributed by atoms with Crippen molar-refractivity contribution in [3.63, 3.8) is 0 Å². The fourth-order valence-corrected chi connectivity index (χ4v) is 6.96. The van der Waals surface area contributed by atoms with Gasteiger partial charge in [0, 0.05) is 18.9 Å². The maximum atomic E-state index is 12.9. The lowest BCUT2D eigenvalue weighted by Gasteiger charge is -2.57. The van der Waals surface area contributed by atoms with Crippen molar-refractivity contribution >= 4 is 5.91 Å². The molecule has 31 heavy (non-hydrogen) atoms. The van der Waals surface area contributed by atoms with E-state index in [4.69, 9.17) is 4.74 Å². The minimum Gasteiger partial charge on any atom is -0.370 e. The van der Waals surface area contributed by atoms with Gasteiger partial charge in [-0.3, -0.25) is 4.79 Å². The van der Waals surface area contributed by atoms with E-state index < -0.39 is 0 Å². The van der Waals surface area contributed by atoms with Crippen LogP contribution >= 0.6 is 0 Å². The van der Waals surface area contributed by atoms with Crippen LogP contribution in [0.4, 0.5) is 0 Å². The van der Waals surface area contributed by atoms with E-state index in [-0.39, 0.29) is 23.5 Å². The second kappa shape index (κ2) is 8.78. The van der Waals surface area contributed by atoms with Crippen molar-refractivity contribution < 1.29 is 9.53 Å². The van der Waals surface area contributed by atoms with E-state index >= 15 is 0 Å². The molecule has 1 atom stereocenters. The highest BCUT2D eigenvalue weighted by Crippen LogP contribution is 2.57. The summed E-state index contributed by atoms with van der Waals surface area (Å²) in [5.74, 6) is 2.81. The third-order valence-corrected chi connectivity index (χ3v) is 7.81. The highest BCUT2D eigenvalue weighted by molar-refractivity contribution is 5.77. The van der Waals surface area contributed by atoms with Crippen molar-refractivity contribution in [1.29, 1.82) is 0 Å². The zero-order valence-corrected chi connectivity index (χ0v) is 18.6. The molecule has 164 valence electrons. The molecule has 0 aliphatic heterocycles. The van der Waals surface area contributed by atoms with Gasteiger partial charge in [-0.1, -0.05) is 60.7 Å². The molecule has 3 heteroatoms. The van der Waals surface area contributed by atoms with E-state index in [1.54, 1.807) is 0 Å². The zero-order chi connectivity index (χ0) is 21.3. The Kier molecular flexibility index (Phi) is 5.88. The minimum absolute atomic E-state index is 0.0621. The Morgan fingerprint density at radius 3 is 1.87 bits per heavy atom. The first-order chi connectivity index (χ1) is 15.1. The standard InChI is InChI=1S/C28H35NO2/c1-20(31-28-16-21-12-22(17-28)14-23(13-21)18-28)19-29-27(30)15-26(24-8-4-2-5-9-24)25-10-6-3-7-11-25/h2-11,20-23,26H,12-19H2,1H3,(H,29,30). The van der Waals surface area contributed by atoms with Gasteiger partial charge in [-0.25, -0.2) is 0 Å². The number of nitrogens with one attached hydrogen (secondary N) is 1. The lowest BCUT2D eigenvalue weighted by Crippen LogP contribution is -2.54. The summed E-state index contributed by atoms with van der Waals surface area (Å²) < 4.78 is 6.66. The number of carbonyl (C=O) groups excluding carboxylic acids is 1. The molecular formula is C28H35NO2. The normalized spacial score (nSPS) is 29.8. The Hall–Kier alpha value is -2.13. The molecule has 2 aromatic carbocycles. The van der Waals surface area contributed by atoms with Crippen LogP contribution in [-0.4, -0.2) is 24.2 Å². The van der Waals surface area contributed by atoms with Crippen molar-refractivity contribution in [2.45, 2.75) is 69.5 Å². The second-order valence-electron chi connectivity index (χ2n) is 10.4. The van der Waals surface area contributed by atoms with E-state index in [2.05, 4.69) is 36.5 Å². The van der Waals surface area contributed by atoms with Crippen LogP contribution in [0, 0.1) is 17.8 Å². The van der Waals surface area contributed by atoms with Crippen molar-refractivity contribution in [2.24, 2.45) is 17.8 Å². The third kappa shape index (κ3) is 4.72. The summed E-state index contributed by atoms with van der Waals surface area (Å²) in [4.78, 5) is 12.9. The summed E-state index contributed by atoms with van der Waals surface area (Å²) in [5, 5.41) is 3.17. The predicted octanol–water partition coefficient (Wildman–Crippen LogP) is 5.70. The quantitative estimate of drug-likeness (QED) is 0.598. The number of ether oxygens (including phenoxy) is 1. The van der Waals surface area contributed by atoms with Crippen LogP contribution in [0.15, 0.2) is 60.7 Å². The first-order valence-electron chi connectivity index (χ1n) is 12.1. The first-order valence-corrected chi connectivity index (χ1v) is 12.1. The third-order valence-electron chi connectivity index (χ3n) is 7.81. The number of amides is 1. The van der Waals surface area contributed by atoms with Gasteiger partial charge < -0.3 is 10.1 Å². The van der Waals surface area contributed by atoms with Gasteiger partial charge >= 0.3 is 0 Å². The highest BCUT2D eigenvalue weighted by Gasteiger charge is 2.52. The van der Waals surface area contributed by atoms with Crippen LogP contribution in [0.2, 0.25) is 0 Å². The lowest BCUT2D eigenvalue weighted by atomic mass is 9.54. The minimum atomic E-state index is 0.0621. The molecule has 0 aromatic heterocycles. The van der Waals surface area contributed by atoms with Gasteiger partial charge in [-0.15, -0.1) is 0 Å². The number of benzene rings is 2. The number of hydrogen-bond acceptors (Lipinski definition) is 2. The summed E-state index contributed by atoms with van der Waals surface area (Å²) in [5.41, 5.74) is 2.46. The largest absolute Gasteiger partial charge is 0.370 e. The monoisotopic (exact) mass is 417 g/mol. The Labute approximate surface area is 186 Å². The molecule has 3 nitrogen and oxygen atoms in total. The van der Waals surface area contributed by atoms with Crippen molar-refractivity contribution in [3.05, 3.63) is 71.8 Å². The first kappa shape index (κ1) is 20.8. The van der Waals surface area contributed by atoms with Gasteiger partial charge in [0.15, 0.2) is 0 Å². The van der Waals surface area contributed by atoms with Gasteiger partial charge in [-0.05, 0) is 74.3 Å². The smallest absolute Gasteiger partial charge is 0.221 e.